The fourth-order valence-corrected chi connectivity index (χ4v) is 6.02. The third-order valence-corrected chi connectivity index (χ3v) is 8.02. The van der Waals surface area contributed by atoms with Crippen LogP contribution < -0.4 is 10.5 Å². The lowest BCUT2D eigenvalue weighted by atomic mass is 10.0. The van der Waals surface area contributed by atoms with Crippen molar-refractivity contribution < 1.29 is 8.42 Å². The van der Waals surface area contributed by atoms with Crippen LogP contribution in [0.3, 0.4) is 0 Å². The van der Waals surface area contributed by atoms with Crippen LogP contribution in [0.25, 0.3) is 11.1 Å². The van der Waals surface area contributed by atoms with E-state index in [1.54, 1.807) is 66.2 Å². The Kier molecular flexibility index (Phi) is 7.35. The maximum absolute atomic E-state index is 13.4. The minimum atomic E-state index is -3.90. The van der Waals surface area contributed by atoms with Gasteiger partial charge in [-0.3, -0.25) is 5.41 Å². The number of nitrogens with zero attached hydrogens (tertiary/aromatic N) is 1. The van der Waals surface area contributed by atoms with Gasteiger partial charge in [-0.25, -0.2) is 18.1 Å². The van der Waals surface area contributed by atoms with E-state index in [9.17, 15) is 8.42 Å². The molecule has 34 heavy (non-hydrogen) atoms. The Morgan fingerprint density at radius 2 is 1.88 bits per heavy atom. The minimum absolute atomic E-state index is 0.0501. The number of sulfonamides is 1. The summed E-state index contributed by atoms with van der Waals surface area (Å²) in [6.45, 7) is 0. The second kappa shape index (κ2) is 10.2. The highest BCUT2D eigenvalue weighted by Crippen LogP contribution is 2.32. The van der Waals surface area contributed by atoms with Crippen molar-refractivity contribution in [3.8, 4) is 11.1 Å². The normalized spacial score (nSPS) is 12.4. The number of rotatable bonds is 8. The fraction of sp³-hybridized carbons (Fsp3) is 0.0833. The molecule has 0 aliphatic carbocycles. The second-order valence-electron chi connectivity index (χ2n) is 7.51. The molecule has 3 aromatic carbocycles. The monoisotopic (exact) mass is 530 g/mol. The van der Waals surface area contributed by atoms with Crippen LogP contribution in [-0.4, -0.2) is 19.2 Å². The molecule has 4 N–H and O–H groups in total. The Balaban J connectivity index is 1.65. The van der Waals surface area contributed by atoms with Crippen molar-refractivity contribution in [2.24, 2.45) is 5.73 Å². The number of amidine groups is 1. The number of halogens is 2. The molecule has 10 heteroatoms. The number of hydrogen-bond acceptors (Lipinski definition) is 5. The molecule has 174 valence electrons. The van der Waals surface area contributed by atoms with Gasteiger partial charge in [-0.05, 0) is 47.9 Å². The number of nitrogen functional groups attached to an aromatic ring is 1. The lowest BCUT2D eigenvalue weighted by molar-refractivity contribution is 0.554. The topological polar surface area (TPSA) is 109 Å². The lowest BCUT2D eigenvalue weighted by Gasteiger charge is -2.18. The van der Waals surface area contributed by atoms with E-state index in [0.717, 1.165) is 5.56 Å². The van der Waals surface area contributed by atoms with E-state index in [1.807, 2.05) is 6.07 Å². The first-order valence-electron chi connectivity index (χ1n) is 10.1. The van der Waals surface area contributed by atoms with Crippen molar-refractivity contribution in [3.63, 3.8) is 0 Å². The summed E-state index contributed by atoms with van der Waals surface area (Å²) in [5.74, 6) is -0.0501. The van der Waals surface area contributed by atoms with Gasteiger partial charge in [-0.15, -0.1) is 11.3 Å². The number of hydrogen-bond donors (Lipinski definition) is 3. The molecule has 1 unspecified atom stereocenters. The molecule has 0 amide bonds. The summed E-state index contributed by atoms with van der Waals surface area (Å²) < 4.78 is 29.6. The molecule has 6 nitrogen and oxygen atoms in total. The fourth-order valence-electron chi connectivity index (χ4n) is 3.50. The Morgan fingerprint density at radius 1 is 1.09 bits per heavy atom. The zero-order chi connectivity index (χ0) is 24.3. The molecule has 0 saturated carbocycles. The molecule has 1 atom stereocenters. The van der Waals surface area contributed by atoms with Gasteiger partial charge in [0.2, 0.25) is 10.0 Å². The molecule has 1 heterocycles. The maximum atomic E-state index is 13.4. The average Bonchev–Trinajstić information content (AvgIpc) is 3.34. The summed E-state index contributed by atoms with van der Waals surface area (Å²) in [5.41, 5.74) is 8.36. The number of nitrogens with one attached hydrogen (secondary N) is 2. The van der Waals surface area contributed by atoms with Crippen LogP contribution in [0.2, 0.25) is 10.0 Å². The van der Waals surface area contributed by atoms with E-state index in [4.69, 9.17) is 34.3 Å². The Morgan fingerprint density at radius 3 is 2.59 bits per heavy atom. The SMILES string of the molecule is N=C(N)c1cccc(CC(NS(=O)(=O)c2cccc(-c3ccc(Cl)cc3Cl)c2)c2nccs2)c1. The molecule has 4 rings (SSSR count). The van der Waals surface area contributed by atoms with Crippen LogP contribution in [0.4, 0.5) is 0 Å². The van der Waals surface area contributed by atoms with E-state index in [-0.39, 0.29) is 10.7 Å². The van der Waals surface area contributed by atoms with Gasteiger partial charge in [-0.2, -0.15) is 0 Å². The quantitative estimate of drug-likeness (QED) is 0.201. The van der Waals surface area contributed by atoms with Gasteiger partial charge in [0.15, 0.2) is 0 Å². The smallest absolute Gasteiger partial charge is 0.241 e. The Hall–Kier alpha value is -2.75. The molecule has 4 aromatic rings. The third-order valence-electron chi connectivity index (χ3n) is 5.11. The highest BCUT2D eigenvalue weighted by molar-refractivity contribution is 7.89. The van der Waals surface area contributed by atoms with Gasteiger partial charge in [0.25, 0.3) is 0 Å². The Labute approximate surface area is 211 Å². The largest absolute Gasteiger partial charge is 0.384 e. The van der Waals surface area contributed by atoms with Gasteiger partial charge in [0.1, 0.15) is 10.8 Å². The summed E-state index contributed by atoms with van der Waals surface area (Å²) in [4.78, 5) is 4.43. The number of nitrogens with two attached hydrogens (primary N) is 1. The molecule has 0 fully saturated rings. The minimum Gasteiger partial charge on any atom is -0.384 e. The standard InChI is InChI=1S/C24H20Cl2N4O2S2/c25-18-7-8-20(21(26)14-18)16-4-2-6-19(13-16)34(31,32)30-22(24-29-9-10-33-24)12-15-3-1-5-17(11-15)23(27)28/h1-11,13-14,22,30H,12H2,(H3,27,28). The molecule has 0 radical (unpaired) electrons. The molecule has 0 spiro atoms. The van der Waals surface area contributed by atoms with E-state index >= 15 is 0 Å². The van der Waals surface area contributed by atoms with Crippen LogP contribution in [0.1, 0.15) is 22.2 Å². The summed E-state index contributed by atoms with van der Waals surface area (Å²) in [6.07, 6.45) is 1.98. The van der Waals surface area contributed by atoms with E-state index in [1.165, 1.54) is 17.4 Å². The zero-order valence-corrected chi connectivity index (χ0v) is 20.8. The lowest BCUT2D eigenvalue weighted by Crippen LogP contribution is -2.30. The van der Waals surface area contributed by atoms with Crippen LogP contribution in [-0.2, 0) is 16.4 Å². The first-order chi connectivity index (χ1) is 16.2. The van der Waals surface area contributed by atoms with Crippen LogP contribution in [0.5, 0.6) is 0 Å². The number of benzene rings is 3. The first kappa shape index (κ1) is 24.4. The summed E-state index contributed by atoms with van der Waals surface area (Å²) in [5, 5.41) is 11.0. The van der Waals surface area contributed by atoms with Gasteiger partial charge in [0.05, 0.1) is 10.9 Å². The van der Waals surface area contributed by atoms with Crippen molar-refractivity contribution >= 4 is 50.4 Å². The van der Waals surface area contributed by atoms with Crippen LogP contribution in [0, 0.1) is 5.41 Å². The predicted molar refractivity (Wildman–Crippen MR) is 138 cm³/mol. The van der Waals surface area contributed by atoms with E-state index in [0.29, 0.717) is 38.2 Å². The van der Waals surface area contributed by atoms with Gasteiger partial charge >= 0.3 is 0 Å². The van der Waals surface area contributed by atoms with Gasteiger partial charge < -0.3 is 5.73 Å². The highest BCUT2D eigenvalue weighted by atomic mass is 35.5. The van der Waals surface area contributed by atoms with Crippen molar-refractivity contribution in [3.05, 3.63) is 104 Å². The highest BCUT2D eigenvalue weighted by Gasteiger charge is 2.24. The average molecular weight is 531 g/mol. The number of thiazole rings is 1. The summed E-state index contributed by atoms with van der Waals surface area (Å²) >= 11 is 13.7. The van der Waals surface area contributed by atoms with Crippen LogP contribution >= 0.6 is 34.5 Å². The molecule has 0 saturated heterocycles. The molecule has 0 aliphatic heterocycles. The van der Waals surface area contributed by atoms with Crippen molar-refractivity contribution in [2.75, 3.05) is 0 Å². The van der Waals surface area contributed by atoms with Crippen molar-refractivity contribution in [1.82, 2.24) is 9.71 Å². The maximum Gasteiger partial charge on any atom is 0.241 e. The van der Waals surface area contributed by atoms with Crippen LogP contribution in [0.15, 0.2) is 83.2 Å². The molecule has 0 aliphatic rings. The third kappa shape index (κ3) is 5.65. The van der Waals surface area contributed by atoms with Crippen molar-refractivity contribution in [1.29, 1.82) is 5.41 Å². The molecule has 1 aromatic heterocycles. The summed E-state index contributed by atoms with van der Waals surface area (Å²) in [6, 6.07) is 18.2. The molecular weight excluding hydrogens is 511 g/mol. The second-order valence-corrected chi connectivity index (χ2v) is 11.0. The van der Waals surface area contributed by atoms with E-state index in [2.05, 4.69) is 9.71 Å². The summed E-state index contributed by atoms with van der Waals surface area (Å²) in [7, 11) is -3.90. The van der Waals surface area contributed by atoms with Crippen molar-refractivity contribution in [2.45, 2.75) is 17.4 Å². The molecule has 0 bridgehead atoms. The van der Waals surface area contributed by atoms with E-state index < -0.39 is 16.1 Å². The van der Waals surface area contributed by atoms with Gasteiger partial charge in [-0.1, -0.05) is 59.6 Å². The Bertz CT molecular complexity index is 1440. The zero-order valence-electron chi connectivity index (χ0n) is 17.7. The number of aromatic nitrogens is 1. The first-order valence-corrected chi connectivity index (χ1v) is 13.3. The molecular formula is C24H20Cl2N4O2S2. The predicted octanol–water partition coefficient (Wildman–Crippen LogP) is 5.66. The van der Waals surface area contributed by atoms with Gasteiger partial charge in [0, 0.05) is 32.7 Å².